The molecule has 0 aromatic rings. The van der Waals surface area contributed by atoms with Crippen molar-refractivity contribution in [1.82, 2.24) is 0 Å². The lowest BCUT2D eigenvalue weighted by molar-refractivity contribution is -0.166. The Morgan fingerprint density at radius 1 is 1.08 bits per heavy atom. The van der Waals surface area contributed by atoms with Crippen molar-refractivity contribution >= 4 is 11.8 Å². The summed E-state index contributed by atoms with van der Waals surface area (Å²) in [5.41, 5.74) is 0.702. The largest absolute Gasteiger partial charge is 0.463 e. The van der Waals surface area contributed by atoms with Crippen LogP contribution in [0.4, 0.5) is 0 Å². The van der Waals surface area contributed by atoms with Gasteiger partial charge in [-0.2, -0.15) is 0 Å². The number of Topliss-reactive ketones (excluding diaryl/α,β-unsaturated/α-hetero) is 1. The van der Waals surface area contributed by atoms with E-state index in [1.54, 1.807) is 0 Å². The van der Waals surface area contributed by atoms with Gasteiger partial charge in [0.15, 0.2) is 0 Å². The first-order valence-electron chi connectivity index (χ1n) is 10.0. The number of carbonyl (C=O) groups excluding carboxylic acids is 2. The third-order valence-electron chi connectivity index (χ3n) is 8.54. The molecule has 7 atom stereocenters. The summed E-state index contributed by atoms with van der Waals surface area (Å²) >= 11 is 0. The second-order valence-corrected chi connectivity index (χ2v) is 9.70. The molecule has 0 N–H and O–H groups in total. The molecule has 3 heteroatoms. The molecule has 0 spiro atoms. The molecule has 0 radical (unpaired) electrons. The van der Waals surface area contributed by atoms with Gasteiger partial charge in [-0.25, -0.2) is 0 Å². The highest BCUT2D eigenvalue weighted by Gasteiger charge is 2.60. The molecule has 0 saturated heterocycles. The Kier molecular flexibility index (Phi) is 3.85. The van der Waals surface area contributed by atoms with E-state index in [9.17, 15) is 9.59 Å². The van der Waals surface area contributed by atoms with E-state index in [1.165, 1.54) is 39.0 Å². The maximum absolute atomic E-state index is 13.1. The number of carbonyl (C=O) groups is 2. The average molecular weight is 332 g/mol. The molecule has 0 unspecified atom stereocenters. The number of hydrogen-bond donors (Lipinski definition) is 0. The molecule has 4 aliphatic carbocycles. The smallest absolute Gasteiger partial charge is 0.302 e. The number of fused-ring (bicyclic) bond motifs is 5. The predicted octanol–water partition coefficient (Wildman–Crippen LogP) is 4.53. The number of esters is 1. The zero-order valence-electron chi connectivity index (χ0n) is 15.5. The van der Waals surface area contributed by atoms with E-state index in [2.05, 4.69) is 13.8 Å². The second kappa shape index (κ2) is 5.57. The summed E-state index contributed by atoms with van der Waals surface area (Å²) in [5, 5.41) is 0. The van der Waals surface area contributed by atoms with Crippen LogP contribution in [0.25, 0.3) is 0 Å². The van der Waals surface area contributed by atoms with E-state index in [4.69, 9.17) is 4.74 Å². The van der Waals surface area contributed by atoms with E-state index in [-0.39, 0.29) is 17.5 Å². The van der Waals surface area contributed by atoms with E-state index in [0.29, 0.717) is 34.9 Å². The van der Waals surface area contributed by atoms with Crippen LogP contribution < -0.4 is 0 Å². The standard InChI is InChI=1S/C21H32O3/c1-13(22)24-15-6-10-21(3)14(11-15)12-18(23)19-16-5-4-8-20(16,2)9-7-17(19)21/h14-17,19H,4-12H2,1-3H3/t14-,15+,16+,17+,19+,20+,21+/m1/s1. The second-order valence-electron chi connectivity index (χ2n) is 9.70. The molecule has 0 bridgehead atoms. The van der Waals surface area contributed by atoms with Gasteiger partial charge in [-0.3, -0.25) is 9.59 Å². The molecule has 0 aliphatic heterocycles. The maximum Gasteiger partial charge on any atom is 0.302 e. The minimum absolute atomic E-state index is 0.0326. The fourth-order valence-corrected chi connectivity index (χ4v) is 7.22. The number of ketones is 1. The van der Waals surface area contributed by atoms with Gasteiger partial charge in [0.05, 0.1) is 0 Å². The Bertz CT molecular complexity index is 555. The van der Waals surface area contributed by atoms with Crippen molar-refractivity contribution in [2.24, 2.45) is 34.5 Å². The summed E-state index contributed by atoms with van der Waals surface area (Å²) in [6, 6.07) is 0. The Morgan fingerprint density at radius 2 is 1.88 bits per heavy atom. The van der Waals surface area contributed by atoms with Crippen LogP contribution in [0, 0.1) is 34.5 Å². The van der Waals surface area contributed by atoms with E-state index >= 15 is 0 Å². The highest BCUT2D eigenvalue weighted by molar-refractivity contribution is 5.83. The maximum atomic E-state index is 13.1. The van der Waals surface area contributed by atoms with Gasteiger partial charge < -0.3 is 4.74 Å². The van der Waals surface area contributed by atoms with Gasteiger partial charge in [0.1, 0.15) is 11.9 Å². The zero-order valence-corrected chi connectivity index (χ0v) is 15.5. The molecule has 134 valence electrons. The van der Waals surface area contributed by atoms with E-state index < -0.39 is 0 Å². The van der Waals surface area contributed by atoms with Gasteiger partial charge in [0, 0.05) is 19.3 Å². The molecule has 0 amide bonds. The summed E-state index contributed by atoms with van der Waals surface area (Å²) < 4.78 is 5.49. The SMILES string of the molecule is CC(=O)O[C@H]1CC[C@@]2(C)[C@@H](CC(=O)[C@H]3[C@@H]4CCC[C@@]4(C)CC[C@@H]32)C1. The van der Waals surface area contributed by atoms with Gasteiger partial charge in [0.25, 0.3) is 0 Å². The average Bonchev–Trinajstić information content (AvgIpc) is 2.90. The quantitative estimate of drug-likeness (QED) is 0.663. The first kappa shape index (κ1) is 16.6. The Balaban J connectivity index is 1.59. The Labute approximate surface area is 145 Å². The zero-order chi connectivity index (χ0) is 17.1. The molecule has 0 heterocycles. The Hall–Kier alpha value is -0.860. The number of hydrogen-bond acceptors (Lipinski definition) is 3. The van der Waals surface area contributed by atoms with Crippen LogP contribution in [-0.4, -0.2) is 17.9 Å². The summed E-state index contributed by atoms with van der Waals surface area (Å²) in [5.74, 6) is 2.28. The summed E-state index contributed by atoms with van der Waals surface area (Å²) in [6.07, 6.45) is 10.2. The molecule has 24 heavy (non-hydrogen) atoms. The fraction of sp³-hybridized carbons (Fsp3) is 0.905. The highest BCUT2D eigenvalue weighted by Crippen LogP contribution is 2.65. The predicted molar refractivity (Wildman–Crippen MR) is 92.3 cm³/mol. The van der Waals surface area contributed by atoms with Crippen molar-refractivity contribution < 1.29 is 14.3 Å². The number of ether oxygens (including phenoxy) is 1. The van der Waals surface area contributed by atoms with Gasteiger partial charge in [-0.1, -0.05) is 20.3 Å². The van der Waals surface area contributed by atoms with Crippen LogP contribution in [0.2, 0.25) is 0 Å². The molecule has 4 rings (SSSR count). The van der Waals surface area contributed by atoms with Crippen LogP contribution in [0.1, 0.15) is 78.6 Å². The molecule has 0 aromatic heterocycles. The number of rotatable bonds is 1. The van der Waals surface area contributed by atoms with Crippen LogP contribution >= 0.6 is 0 Å². The molecule has 4 fully saturated rings. The third kappa shape index (κ3) is 2.37. The minimum Gasteiger partial charge on any atom is -0.463 e. The van der Waals surface area contributed by atoms with Crippen molar-refractivity contribution in [3.8, 4) is 0 Å². The van der Waals surface area contributed by atoms with Crippen molar-refractivity contribution in [2.45, 2.75) is 84.7 Å². The van der Waals surface area contributed by atoms with Crippen LogP contribution in [0.15, 0.2) is 0 Å². The molecular formula is C21H32O3. The van der Waals surface area contributed by atoms with Gasteiger partial charge >= 0.3 is 5.97 Å². The summed E-state index contributed by atoms with van der Waals surface area (Å²) in [7, 11) is 0. The van der Waals surface area contributed by atoms with Gasteiger partial charge in [-0.15, -0.1) is 0 Å². The summed E-state index contributed by atoms with van der Waals surface area (Å²) in [6.45, 7) is 6.39. The highest BCUT2D eigenvalue weighted by atomic mass is 16.5. The van der Waals surface area contributed by atoms with Crippen LogP contribution in [0.5, 0.6) is 0 Å². The van der Waals surface area contributed by atoms with Crippen molar-refractivity contribution in [3.63, 3.8) is 0 Å². The van der Waals surface area contributed by atoms with Crippen LogP contribution in [-0.2, 0) is 14.3 Å². The lowest BCUT2D eigenvalue weighted by atomic mass is 9.45. The lowest BCUT2D eigenvalue weighted by Gasteiger charge is -2.59. The van der Waals surface area contributed by atoms with Crippen molar-refractivity contribution in [1.29, 1.82) is 0 Å². The van der Waals surface area contributed by atoms with Gasteiger partial charge in [-0.05, 0) is 73.5 Å². The van der Waals surface area contributed by atoms with Gasteiger partial charge in [0.2, 0.25) is 0 Å². The van der Waals surface area contributed by atoms with E-state index in [0.717, 1.165) is 25.7 Å². The fourth-order valence-electron chi connectivity index (χ4n) is 7.22. The molecule has 4 aliphatic rings. The monoisotopic (exact) mass is 332 g/mol. The molecule has 0 aromatic carbocycles. The normalized spacial score (nSPS) is 50.6. The topological polar surface area (TPSA) is 43.4 Å². The third-order valence-corrected chi connectivity index (χ3v) is 8.54. The summed E-state index contributed by atoms with van der Waals surface area (Å²) in [4.78, 5) is 24.4. The van der Waals surface area contributed by atoms with Crippen molar-refractivity contribution in [2.75, 3.05) is 0 Å². The Morgan fingerprint density at radius 3 is 2.62 bits per heavy atom. The molecule has 3 nitrogen and oxygen atoms in total. The molecule has 4 saturated carbocycles. The van der Waals surface area contributed by atoms with Crippen molar-refractivity contribution in [3.05, 3.63) is 0 Å². The minimum atomic E-state index is -0.178. The van der Waals surface area contributed by atoms with Crippen LogP contribution in [0.3, 0.4) is 0 Å². The first-order chi connectivity index (χ1) is 11.3. The molecular weight excluding hydrogens is 300 g/mol. The lowest BCUT2D eigenvalue weighted by Crippen LogP contribution is -2.56. The van der Waals surface area contributed by atoms with E-state index in [1.807, 2.05) is 0 Å². The first-order valence-corrected chi connectivity index (χ1v) is 10.0.